The number of carbonyl (C=O) groups excluding carboxylic acids is 2. The molecule has 0 bridgehead atoms. The van der Waals surface area contributed by atoms with E-state index in [4.69, 9.17) is 20.4 Å². The zero-order valence-corrected chi connectivity index (χ0v) is 19.7. The average Bonchev–Trinajstić information content (AvgIpc) is 3.35. The first-order valence-electron chi connectivity index (χ1n) is 10.8. The second-order valence-electron chi connectivity index (χ2n) is 8.79. The van der Waals surface area contributed by atoms with Gasteiger partial charge in [0.25, 0.3) is 15.9 Å². The number of nitrogens with one attached hydrogen (secondary N) is 2. The fraction of sp³-hybridized carbons (Fsp3) is 0.409. The van der Waals surface area contributed by atoms with Crippen LogP contribution in [0.15, 0.2) is 44.3 Å². The van der Waals surface area contributed by atoms with Gasteiger partial charge in [0.1, 0.15) is 5.52 Å². The van der Waals surface area contributed by atoms with Gasteiger partial charge in [-0.05, 0) is 68.4 Å². The van der Waals surface area contributed by atoms with Gasteiger partial charge in [-0.1, -0.05) is 11.6 Å². The molecule has 2 fully saturated rings. The molecule has 3 aromatic rings. The molecule has 10 nitrogen and oxygen atoms in total. The molecule has 34 heavy (non-hydrogen) atoms. The van der Waals surface area contributed by atoms with Crippen molar-refractivity contribution in [1.29, 1.82) is 0 Å². The van der Waals surface area contributed by atoms with Crippen LogP contribution in [0, 0.1) is 5.41 Å². The number of aromatic nitrogens is 1. The summed E-state index contributed by atoms with van der Waals surface area (Å²) in [7, 11) is -4.27. The maximum atomic E-state index is 12.5. The van der Waals surface area contributed by atoms with Crippen LogP contribution in [-0.2, 0) is 14.8 Å². The number of carbonyl (C=O) groups is 2. The Labute approximate surface area is 200 Å². The van der Waals surface area contributed by atoms with Crippen molar-refractivity contribution in [2.75, 3.05) is 6.61 Å². The van der Waals surface area contributed by atoms with Crippen LogP contribution >= 0.6 is 11.6 Å². The monoisotopic (exact) mass is 507 g/mol. The highest BCUT2D eigenvalue weighted by Gasteiger charge is 2.54. The second kappa shape index (κ2) is 8.31. The van der Waals surface area contributed by atoms with Crippen LogP contribution < -0.4 is 10.0 Å². The Morgan fingerprint density at radius 3 is 2.68 bits per heavy atom. The lowest BCUT2D eigenvalue weighted by Gasteiger charge is -2.57. The predicted molar refractivity (Wildman–Crippen MR) is 120 cm³/mol. The Morgan fingerprint density at radius 1 is 1.18 bits per heavy atom. The lowest BCUT2D eigenvalue weighted by atomic mass is 9.50. The molecule has 2 aromatic heterocycles. The summed E-state index contributed by atoms with van der Waals surface area (Å²) in [6.07, 6.45) is 2.38. The standard InChI is InChI=1S/C22H22ClN3O7S/c1-2-31-21(28)26-34(29,30)18-6-5-17(32-18)19(27)24-14-10-22(11-14)8-12(9-22)20-25-15-7-13(23)3-4-16(15)33-20/h3-7,12,14H,2,8-11H2,1H3,(H,24,27)(H,26,28). The Morgan fingerprint density at radius 2 is 1.94 bits per heavy atom. The van der Waals surface area contributed by atoms with E-state index in [9.17, 15) is 18.0 Å². The van der Waals surface area contributed by atoms with E-state index in [2.05, 4.69) is 15.0 Å². The Bertz CT molecular complexity index is 1370. The van der Waals surface area contributed by atoms with Crippen molar-refractivity contribution in [2.24, 2.45) is 5.41 Å². The quantitative estimate of drug-likeness (QED) is 0.510. The molecule has 0 aliphatic heterocycles. The largest absolute Gasteiger partial charge is 0.449 e. The first kappa shape index (κ1) is 22.7. The van der Waals surface area contributed by atoms with Gasteiger partial charge in [-0.25, -0.2) is 14.5 Å². The number of halogens is 1. The predicted octanol–water partition coefficient (Wildman–Crippen LogP) is 3.97. The SMILES string of the molecule is CCOC(=O)NS(=O)(=O)c1ccc(C(=O)NC2CC3(C2)CC(c2nc4cc(Cl)ccc4o2)C3)o1. The number of hydrogen-bond acceptors (Lipinski definition) is 8. The van der Waals surface area contributed by atoms with Crippen LogP contribution in [0.25, 0.3) is 11.1 Å². The maximum Gasteiger partial charge on any atom is 0.421 e. The maximum absolute atomic E-state index is 12.5. The van der Waals surface area contributed by atoms with E-state index in [1.165, 1.54) is 6.07 Å². The third-order valence-corrected chi connectivity index (χ3v) is 7.75. The van der Waals surface area contributed by atoms with Crippen LogP contribution in [-0.4, -0.2) is 38.1 Å². The number of amides is 2. The highest BCUT2D eigenvalue weighted by Crippen LogP contribution is 2.61. The minimum atomic E-state index is -4.27. The lowest BCUT2D eigenvalue weighted by Crippen LogP contribution is -2.55. The van der Waals surface area contributed by atoms with Crippen molar-refractivity contribution >= 4 is 44.7 Å². The van der Waals surface area contributed by atoms with Gasteiger partial charge >= 0.3 is 6.09 Å². The zero-order chi connectivity index (χ0) is 24.1. The van der Waals surface area contributed by atoms with E-state index >= 15 is 0 Å². The highest BCUT2D eigenvalue weighted by molar-refractivity contribution is 7.89. The van der Waals surface area contributed by atoms with Crippen molar-refractivity contribution in [3.05, 3.63) is 47.0 Å². The molecule has 2 N–H and O–H groups in total. The second-order valence-corrected chi connectivity index (χ2v) is 10.8. The number of benzene rings is 1. The van der Waals surface area contributed by atoms with Gasteiger partial charge in [-0.2, -0.15) is 8.42 Å². The summed E-state index contributed by atoms with van der Waals surface area (Å²) in [5.74, 6) is 0.301. The fourth-order valence-corrected chi connectivity index (χ4v) is 5.83. The minimum Gasteiger partial charge on any atom is -0.449 e. The number of oxazole rings is 1. The van der Waals surface area contributed by atoms with E-state index in [1.54, 1.807) is 23.8 Å². The van der Waals surface area contributed by atoms with Crippen LogP contribution in [0.3, 0.4) is 0 Å². The summed E-state index contributed by atoms with van der Waals surface area (Å²) in [5.41, 5.74) is 1.62. The molecular weight excluding hydrogens is 486 g/mol. The van der Waals surface area contributed by atoms with E-state index in [1.807, 2.05) is 6.07 Å². The van der Waals surface area contributed by atoms with E-state index in [0.29, 0.717) is 5.02 Å². The first-order valence-corrected chi connectivity index (χ1v) is 12.7. The van der Waals surface area contributed by atoms with Gasteiger partial charge in [-0.3, -0.25) is 4.79 Å². The number of sulfonamides is 1. The van der Waals surface area contributed by atoms with Gasteiger partial charge in [0, 0.05) is 17.0 Å². The molecule has 2 heterocycles. The molecule has 2 saturated carbocycles. The summed E-state index contributed by atoms with van der Waals surface area (Å²) in [4.78, 5) is 28.4. The van der Waals surface area contributed by atoms with E-state index in [-0.39, 0.29) is 29.7 Å². The number of rotatable bonds is 6. The van der Waals surface area contributed by atoms with Crippen LogP contribution in [0.1, 0.15) is 55.0 Å². The number of furan rings is 1. The van der Waals surface area contributed by atoms with Gasteiger partial charge in [0.05, 0.1) is 6.61 Å². The Hall–Kier alpha value is -3.05. The van der Waals surface area contributed by atoms with Gasteiger partial charge in [0.15, 0.2) is 17.2 Å². The fourth-order valence-electron chi connectivity index (χ4n) is 4.84. The summed E-state index contributed by atoms with van der Waals surface area (Å²) in [6.45, 7) is 1.56. The number of fused-ring (bicyclic) bond motifs is 1. The molecular formula is C22H22ClN3O7S. The number of hydrogen-bond donors (Lipinski definition) is 2. The molecule has 180 valence electrons. The summed E-state index contributed by atoms with van der Waals surface area (Å²) in [6, 6.07) is 7.71. The van der Waals surface area contributed by atoms with Gasteiger partial charge in [-0.15, -0.1) is 0 Å². The van der Waals surface area contributed by atoms with E-state index < -0.39 is 27.1 Å². The number of nitrogens with zero attached hydrogens (tertiary/aromatic N) is 1. The molecule has 0 unspecified atom stereocenters. The summed E-state index contributed by atoms with van der Waals surface area (Å²) in [5, 5.41) is 2.94. The Kier molecular flexibility index (Phi) is 5.56. The average molecular weight is 508 g/mol. The molecule has 0 atom stereocenters. The van der Waals surface area contributed by atoms with Gasteiger partial charge in [0.2, 0.25) is 5.09 Å². The third-order valence-electron chi connectivity index (χ3n) is 6.33. The molecule has 2 aliphatic carbocycles. The topological polar surface area (TPSA) is 141 Å². The van der Waals surface area contributed by atoms with Crippen molar-refractivity contribution in [2.45, 2.75) is 49.7 Å². The molecule has 0 saturated heterocycles. The van der Waals surface area contributed by atoms with Crippen LogP contribution in [0.2, 0.25) is 5.02 Å². The smallest absolute Gasteiger partial charge is 0.421 e. The molecule has 2 amide bonds. The minimum absolute atomic E-state index is 0.0143. The molecule has 0 radical (unpaired) electrons. The molecule has 1 spiro atoms. The lowest BCUT2D eigenvalue weighted by molar-refractivity contribution is -0.0256. The molecule has 2 aliphatic rings. The summed E-state index contributed by atoms with van der Waals surface area (Å²) >= 11 is 6.01. The molecule has 12 heteroatoms. The van der Waals surface area contributed by atoms with Crippen LogP contribution in [0.5, 0.6) is 0 Å². The number of ether oxygens (including phenoxy) is 1. The van der Waals surface area contributed by atoms with Crippen molar-refractivity contribution in [1.82, 2.24) is 15.0 Å². The third kappa shape index (κ3) is 4.25. The highest BCUT2D eigenvalue weighted by atomic mass is 35.5. The van der Waals surface area contributed by atoms with Crippen LogP contribution in [0.4, 0.5) is 4.79 Å². The van der Waals surface area contributed by atoms with Crippen molar-refractivity contribution < 1.29 is 31.6 Å². The van der Waals surface area contributed by atoms with Crippen molar-refractivity contribution in [3.63, 3.8) is 0 Å². The van der Waals surface area contributed by atoms with E-state index in [0.717, 1.165) is 48.7 Å². The molecule has 5 rings (SSSR count). The normalized spacial score (nSPS) is 23.8. The zero-order valence-electron chi connectivity index (χ0n) is 18.2. The first-order chi connectivity index (χ1) is 16.2. The van der Waals surface area contributed by atoms with Crippen molar-refractivity contribution in [3.8, 4) is 0 Å². The summed E-state index contributed by atoms with van der Waals surface area (Å²) < 4.78 is 41.6. The molecule has 1 aromatic carbocycles. The van der Waals surface area contributed by atoms with Gasteiger partial charge < -0.3 is 18.9 Å². The Balaban J connectivity index is 1.13.